The van der Waals surface area contributed by atoms with Crippen molar-refractivity contribution >= 4 is 12.4 Å². The third-order valence-corrected chi connectivity index (χ3v) is 2.91. The van der Waals surface area contributed by atoms with Crippen molar-refractivity contribution in [3.05, 3.63) is 59.7 Å². The van der Waals surface area contributed by atoms with E-state index >= 15 is 0 Å². The summed E-state index contributed by atoms with van der Waals surface area (Å²) in [4.78, 5) is 8.51. The van der Waals surface area contributed by atoms with Crippen molar-refractivity contribution in [1.29, 1.82) is 0 Å². The zero-order valence-electron chi connectivity index (χ0n) is 12.2. The van der Waals surface area contributed by atoms with Crippen molar-refractivity contribution in [2.45, 2.75) is 6.42 Å². The molecule has 0 aromatic heterocycles. The van der Waals surface area contributed by atoms with E-state index in [-0.39, 0.29) is 33.2 Å². The molecule has 0 aliphatic heterocycles. The molecule has 5 heteroatoms. The summed E-state index contributed by atoms with van der Waals surface area (Å²) in [5.74, 6) is 0.470. The van der Waals surface area contributed by atoms with Gasteiger partial charge < -0.3 is 10.2 Å². The largest absolute Gasteiger partial charge is 0.507 e. The summed E-state index contributed by atoms with van der Waals surface area (Å²) >= 11 is 0. The number of benzene rings is 2. The van der Waals surface area contributed by atoms with Gasteiger partial charge >= 0.3 is 0 Å². The molecule has 2 rings (SSSR count). The maximum Gasteiger partial charge on any atom is 0.124 e. The van der Waals surface area contributed by atoms with Gasteiger partial charge in [-0.3, -0.25) is 9.98 Å². The molecule has 4 nitrogen and oxygen atoms in total. The second kappa shape index (κ2) is 9.93. The quantitative estimate of drug-likeness (QED) is 0.486. The second-order valence-corrected chi connectivity index (χ2v) is 4.54. The molecule has 0 unspecified atom stereocenters. The van der Waals surface area contributed by atoms with Crippen LogP contribution in [0.2, 0.25) is 0 Å². The van der Waals surface area contributed by atoms with Gasteiger partial charge in [0.25, 0.3) is 0 Å². The molecule has 0 spiro atoms. The van der Waals surface area contributed by atoms with Crippen LogP contribution < -0.4 is 0 Å². The second-order valence-electron chi connectivity index (χ2n) is 4.54. The molecule has 22 heavy (non-hydrogen) atoms. The minimum absolute atomic E-state index is 0. The predicted molar refractivity (Wildman–Crippen MR) is 85.8 cm³/mol. The summed E-state index contributed by atoms with van der Waals surface area (Å²) < 4.78 is 0. The van der Waals surface area contributed by atoms with E-state index in [0.717, 1.165) is 17.5 Å². The van der Waals surface area contributed by atoms with Gasteiger partial charge in [-0.25, -0.2) is 0 Å². The van der Waals surface area contributed by atoms with E-state index in [0.29, 0.717) is 13.1 Å². The van der Waals surface area contributed by atoms with Gasteiger partial charge in [0.1, 0.15) is 11.5 Å². The monoisotopic (exact) mass is 330 g/mol. The molecule has 2 N–H and O–H groups in total. The van der Waals surface area contributed by atoms with Gasteiger partial charge in [0.15, 0.2) is 0 Å². The standard InChI is InChI=1S/C17H18N2O2.Ti/c20-16-8-3-1-6-14(16)12-18-10-5-11-19-13-15-7-2-4-9-17(15)21;/h1-4,6-9,12-13,20-21H,5,10-11H2;. The molecule has 0 saturated heterocycles. The maximum absolute atomic E-state index is 9.56. The molecule has 0 bridgehead atoms. The van der Waals surface area contributed by atoms with E-state index in [1.54, 1.807) is 36.7 Å². The first kappa shape index (κ1) is 18.1. The van der Waals surface area contributed by atoms with Gasteiger partial charge in [0, 0.05) is 58.4 Å². The van der Waals surface area contributed by atoms with Crippen LogP contribution in [0.3, 0.4) is 0 Å². The van der Waals surface area contributed by atoms with Crippen LogP contribution in [0.25, 0.3) is 0 Å². The van der Waals surface area contributed by atoms with Crippen LogP contribution in [-0.4, -0.2) is 35.7 Å². The summed E-state index contributed by atoms with van der Waals surface area (Å²) in [5.41, 5.74) is 1.44. The summed E-state index contributed by atoms with van der Waals surface area (Å²) in [6.07, 6.45) is 4.15. The summed E-state index contributed by atoms with van der Waals surface area (Å²) in [6, 6.07) is 14.2. The first-order chi connectivity index (χ1) is 10.3. The van der Waals surface area contributed by atoms with Crippen LogP contribution in [0.4, 0.5) is 0 Å². The van der Waals surface area contributed by atoms with E-state index in [9.17, 15) is 10.2 Å². The van der Waals surface area contributed by atoms with Gasteiger partial charge in [-0.05, 0) is 30.7 Å². The molecule has 2 aromatic rings. The summed E-state index contributed by atoms with van der Waals surface area (Å²) in [5, 5.41) is 19.1. The molecule has 0 aliphatic carbocycles. The Morgan fingerprint density at radius 1 is 0.727 bits per heavy atom. The van der Waals surface area contributed by atoms with E-state index < -0.39 is 0 Å². The number of para-hydroxylation sites is 2. The topological polar surface area (TPSA) is 65.2 Å². The Bertz CT molecular complexity index is 587. The summed E-state index contributed by atoms with van der Waals surface area (Å²) in [6.45, 7) is 1.29. The molecule has 2 aromatic carbocycles. The minimum Gasteiger partial charge on any atom is -0.507 e. The van der Waals surface area contributed by atoms with Crippen LogP contribution in [0.5, 0.6) is 11.5 Å². The average molecular weight is 330 g/mol. The number of hydrogen-bond acceptors (Lipinski definition) is 4. The molecule has 0 atom stereocenters. The Morgan fingerprint density at radius 2 is 1.14 bits per heavy atom. The Hall–Kier alpha value is -1.91. The number of phenolic OH excluding ortho intramolecular Hbond substituents is 2. The SMILES string of the molecule is Oc1ccccc1C=NCCCN=Cc1ccccc1O.[Ti]. The van der Waals surface area contributed by atoms with E-state index in [1.807, 2.05) is 24.3 Å². The Kier molecular flexibility index (Phi) is 8.19. The fourth-order valence-electron chi connectivity index (χ4n) is 1.77. The third-order valence-electron chi connectivity index (χ3n) is 2.91. The Morgan fingerprint density at radius 3 is 1.55 bits per heavy atom. The van der Waals surface area contributed by atoms with E-state index in [2.05, 4.69) is 9.98 Å². The molecule has 0 heterocycles. The van der Waals surface area contributed by atoms with Crippen LogP contribution >= 0.6 is 0 Å². The zero-order chi connectivity index (χ0) is 14.9. The average Bonchev–Trinajstić information content (AvgIpc) is 2.50. The van der Waals surface area contributed by atoms with E-state index in [4.69, 9.17) is 0 Å². The maximum atomic E-state index is 9.56. The number of aliphatic imine (C=N–C) groups is 2. The van der Waals surface area contributed by atoms with Crippen molar-refractivity contribution in [3.8, 4) is 11.5 Å². The minimum atomic E-state index is 0. The van der Waals surface area contributed by atoms with Crippen molar-refractivity contribution < 1.29 is 31.9 Å². The smallest absolute Gasteiger partial charge is 0.124 e. The number of rotatable bonds is 6. The molecule has 0 saturated carbocycles. The van der Waals surface area contributed by atoms with Gasteiger partial charge in [-0.15, -0.1) is 0 Å². The molecular formula is C17H18N2O2Ti. The van der Waals surface area contributed by atoms with Gasteiger partial charge in [0.05, 0.1) is 0 Å². The molecule has 0 amide bonds. The van der Waals surface area contributed by atoms with Crippen LogP contribution in [0.15, 0.2) is 58.5 Å². The normalized spacial score (nSPS) is 10.9. The molecular weight excluding hydrogens is 312 g/mol. The molecule has 0 aliphatic rings. The van der Waals surface area contributed by atoms with Crippen molar-refractivity contribution in [2.75, 3.05) is 13.1 Å². The van der Waals surface area contributed by atoms with Crippen molar-refractivity contribution in [2.24, 2.45) is 9.98 Å². The summed E-state index contributed by atoms with van der Waals surface area (Å²) in [7, 11) is 0. The first-order valence-corrected chi connectivity index (χ1v) is 6.83. The number of aromatic hydroxyl groups is 2. The molecule has 0 radical (unpaired) electrons. The van der Waals surface area contributed by atoms with Crippen LogP contribution in [-0.2, 0) is 21.7 Å². The first-order valence-electron chi connectivity index (χ1n) is 6.83. The zero-order valence-corrected chi connectivity index (χ0v) is 13.7. The molecule has 112 valence electrons. The predicted octanol–water partition coefficient (Wildman–Crippen LogP) is 3.02. The van der Waals surface area contributed by atoms with Crippen LogP contribution in [0.1, 0.15) is 17.5 Å². The number of nitrogens with zero attached hydrogens (tertiary/aromatic N) is 2. The third kappa shape index (κ3) is 5.84. The number of hydrogen-bond donors (Lipinski definition) is 2. The number of phenols is 2. The van der Waals surface area contributed by atoms with Crippen molar-refractivity contribution in [3.63, 3.8) is 0 Å². The van der Waals surface area contributed by atoms with Gasteiger partial charge in [-0.1, -0.05) is 24.3 Å². The fraction of sp³-hybridized carbons (Fsp3) is 0.176. The van der Waals surface area contributed by atoms with Gasteiger partial charge in [0.2, 0.25) is 0 Å². The molecule has 0 fully saturated rings. The van der Waals surface area contributed by atoms with Gasteiger partial charge in [-0.2, -0.15) is 0 Å². The Balaban J connectivity index is 0.00000242. The van der Waals surface area contributed by atoms with Crippen LogP contribution in [0, 0.1) is 0 Å². The van der Waals surface area contributed by atoms with E-state index in [1.165, 1.54) is 0 Å². The van der Waals surface area contributed by atoms with Crippen molar-refractivity contribution in [1.82, 2.24) is 0 Å². The fourth-order valence-corrected chi connectivity index (χ4v) is 1.77. The Labute approximate surface area is 145 Å².